The average molecular weight is 270 g/mol. The molecule has 0 fully saturated rings. The first-order valence-electron chi connectivity index (χ1n) is 5.61. The highest BCUT2D eigenvalue weighted by molar-refractivity contribution is 5.86. The molecule has 4 N–H and O–H groups in total. The van der Waals surface area contributed by atoms with Crippen molar-refractivity contribution in [2.24, 2.45) is 11.1 Å². The van der Waals surface area contributed by atoms with Crippen LogP contribution in [0.5, 0.6) is 0 Å². The van der Waals surface area contributed by atoms with Gasteiger partial charge in [0.05, 0.1) is 0 Å². The molecule has 2 atom stereocenters. The highest BCUT2D eigenvalue weighted by Gasteiger charge is 2.54. The fourth-order valence-corrected chi connectivity index (χ4v) is 1.29. The molecule has 0 saturated heterocycles. The van der Waals surface area contributed by atoms with Gasteiger partial charge in [0, 0.05) is 12.6 Å². The van der Waals surface area contributed by atoms with Crippen LogP contribution < -0.4 is 11.1 Å². The summed E-state index contributed by atoms with van der Waals surface area (Å²) >= 11 is 0. The van der Waals surface area contributed by atoms with Crippen LogP contribution in [0.15, 0.2) is 0 Å². The zero-order valence-electron chi connectivity index (χ0n) is 11.1. The number of carbonyl (C=O) groups is 1. The van der Waals surface area contributed by atoms with Gasteiger partial charge >= 0.3 is 6.18 Å². The minimum atomic E-state index is -4.82. The molecule has 0 aromatic carbocycles. The van der Waals surface area contributed by atoms with E-state index in [9.17, 15) is 18.0 Å². The van der Waals surface area contributed by atoms with Gasteiger partial charge in [-0.2, -0.15) is 13.2 Å². The number of carbonyl (C=O) groups excluding carboxylic acids is 1. The molecule has 0 saturated carbocycles. The van der Waals surface area contributed by atoms with E-state index in [0.717, 1.165) is 0 Å². The maximum atomic E-state index is 12.6. The van der Waals surface area contributed by atoms with Crippen LogP contribution in [-0.2, 0) is 4.79 Å². The Kier molecular flexibility index (Phi) is 5.19. The van der Waals surface area contributed by atoms with Crippen LogP contribution in [0.2, 0.25) is 0 Å². The Morgan fingerprint density at radius 3 is 2.00 bits per heavy atom. The highest BCUT2D eigenvalue weighted by Crippen LogP contribution is 2.29. The lowest BCUT2D eigenvalue weighted by atomic mass is 9.84. The number of aliphatic hydroxyl groups excluding tert-OH is 1. The molecular formula is C11H21F3N2O2. The van der Waals surface area contributed by atoms with Crippen molar-refractivity contribution in [3.8, 4) is 0 Å². The topological polar surface area (TPSA) is 75.3 Å². The number of amides is 1. The van der Waals surface area contributed by atoms with Crippen LogP contribution in [0.3, 0.4) is 0 Å². The van der Waals surface area contributed by atoms with E-state index in [-0.39, 0.29) is 13.0 Å². The summed E-state index contributed by atoms with van der Waals surface area (Å²) in [6.45, 7) is 5.68. The average Bonchev–Trinajstić information content (AvgIpc) is 2.13. The van der Waals surface area contributed by atoms with Gasteiger partial charge in [-0.1, -0.05) is 20.8 Å². The molecule has 0 bridgehead atoms. The second-order valence-corrected chi connectivity index (χ2v) is 5.60. The lowest BCUT2D eigenvalue weighted by molar-refractivity contribution is -0.188. The van der Waals surface area contributed by atoms with Crippen LogP contribution >= 0.6 is 0 Å². The Balaban J connectivity index is 4.92. The number of aliphatic hydroxyl groups is 1. The number of nitrogens with one attached hydrogen (secondary N) is 1. The van der Waals surface area contributed by atoms with Crippen LogP contribution in [0.25, 0.3) is 0 Å². The van der Waals surface area contributed by atoms with E-state index in [0.29, 0.717) is 6.92 Å². The summed E-state index contributed by atoms with van der Waals surface area (Å²) < 4.78 is 37.7. The number of hydrogen-bond acceptors (Lipinski definition) is 3. The smallest absolute Gasteiger partial charge is 0.396 e. The molecule has 2 unspecified atom stereocenters. The molecule has 0 aliphatic heterocycles. The number of nitrogens with two attached hydrogens (primary N) is 1. The van der Waals surface area contributed by atoms with E-state index >= 15 is 0 Å². The van der Waals surface area contributed by atoms with Crippen molar-refractivity contribution in [1.29, 1.82) is 0 Å². The number of alkyl halides is 3. The molecule has 0 spiro atoms. The van der Waals surface area contributed by atoms with Crippen molar-refractivity contribution >= 4 is 5.91 Å². The van der Waals surface area contributed by atoms with E-state index in [4.69, 9.17) is 10.8 Å². The highest BCUT2D eigenvalue weighted by atomic mass is 19.4. The Morgan fingerprint density at radius 1 is 1.28 bits per heavy atom. The van der Waals surface area contributed by atoms with E-state index < -0.39 is 29.1 Å². The van der Waals surface area contributed by atoms with Gasteiger partial charge in [-0.3, -0.25) is 4.79 Å². The monoisotopic (exact) mass is 270 g/mol. The first kappa shape index (κ1) is 17.2. The molecule has 108 valence electrons. The Labute approximate surface area is 105 Å². The third-order valence-electron chi connectivity index (χ3n) is 2.83. The molecule has 7 heteroatoms. The van der Waals surface area contributed by atoms with Crippen molar-refractivity contribution in [3.63, 3.8) is 0 Å². The van der Waals surface area contributed by atoms with Gasteiger partial charge in [0.25, 0.3) is 0 Å². The standard InChI is InChI=1S/C11H21F3N2O2/c1-9(2,3)7(5-6-17)16-8(18)10(4,15)11(12,13)14/h7,17H,5-6,15H2,1-4H3,(H,16,18). The van der Waals surface area contributed by atoms with Crippen molar-refractivity contribution < 1.29 is 23.1 Å². The molecule has 0 heterocycles. The third kappa shape index (κ3) is 4.13. The molecule has 0 aliphatic carbocycles. The maximum Gasteiger partial charge on any atom is 0.415 e. The minimum absolute atomic E-state index is 0.170. The second-order valence-electron chi connectivity index (χ2n) is 5.60. The molecule has 0 aromatic rings. The van der Waals surface area contributed by atoms with Crippen LogP contribution in [0.1, 0.15) is 34.1 Å². The van der Waals surface area contributed by atoms with Crippen molar-refractivity contribution in [3.05, 3.63) is 0 Å². The number of rotatable bonds is 4. The fourth-order valence-electron chi connectivity index (χ4n) is 1.29. The van der Waals surface area contributed by atoms with Gasteiger partial charge in [-0.05, 0) is 18.8 Å². The number of halogens is 3. The predicted molar refractivity (Wildman–Crippen MR) is 61.7 cm³/mol. The predicted octanol–water partition coefficient (Wildman–Crippen LogP) is 1.18. The van der Waals surface area contributed by atoms with E-state index in [1.807, 2.05) is 0 Å². The summed E-state index contributed by atoms with van der Waals surface area (Å²) in [6.07, 6.45) is -4.65. The van der Waals surface area contributed by atoms with Gasteiger partial charge in [0.15, 0.2) is 5.54 Å². The summed E-state index contributed by atoms with van der Waals surface area (Å²) in [6, 6.07) is -0.583. The van der Waals surface area contributed by atoms with Crippen LogP contribution in [0, 0.1) is 5.41 Å². The lowest BCUT2D eigenvalue weighted by Gasteiger charge is -2.35. The third-order valence-corrected chi connectivity index (χ3v) is 2.83. The van der Waals surface area contributed by atoms with Gasteiger partial charge in [0.1, 0.15) is 0 Å². The summed E-state index contributed by atoms with van der Waals surface area (Å²) in [5.74, 6) is -1.29. The second kappa shape index (κ2) is 5.44. The van der Waals surface area contributed by atoms with Crippen molar-refractivity contribution in [2.45, 2.75) is 51.9 Å². The Hall–Kier alpha value is -0.820. The number of hydrogen-bond donors (Lipinski definition) is 3. The molecule has 18 heavy (non-hydrogen) atoms. The zero-order chi connectivity index (χ0) is 14.8. The molecule has 0 radical (unpaired) electrons. The first-order chi connectivity index (χ1) is 7.84. The summed E-state index contributed by atoms with van der Waals surface area (Å²) in [7, 11) is 0. The molecule has 0 rings (SSSR count). The minimum Gasteiger partial charge on any atom is -0.396 e. The Morgan fingerprint density at radius 2 is 1.72 bits per heavy atom. The first-order valence-corrected chi connectivity index (χ1v) is 5.61. The van der Waals surface area contributed by atoms with Crippen molar-refractivity contribution in [1.82, 2.24) is 5.32 Å². The molecule has 4 nitrogen and oxygen atoms in total. The van der Waals surface area contributed by atoms with Crippen LogP contribution in [-0.4, -0.2) is 35.4 Å². The van der Waals surface area contributed by atoms with E-state index in [1.165, 1.54) is 0 Å². The quantitative estimate of drug-likeness (QED) is 0.718. The summed E-state index contributed by atoms with van der Waals surface area (Å²) in [4.78, 5) is 11.6. The van der Waals surface area contributed by atoms with E-state index in [1.54, 1.807) is 20.8 Å². The summed E-state index contributed by atoms with van der Waals surface area (Å²) in [5.41, 5.74) is 1.61. The molecule has 1 amide bonds. The maximum absolute atomic E-state index is 12.6. The molecular weight excluding hydrogens is 249 g/mol. The lowest BCUT2D eigenvalue weighted by Crippen LogP contribution is -2.63. The SMILES string of the molecule is CC(C)(C)C(CCO)NC(=O)C(C)(N)C(F)(F)F. The van der Waals surface area contributed by atoms with Gasteiger partial charge in [-0.15, -0.1) is 0 Å². The fraction of sp³-hybridized carbons (Fsp3) is 0.909. The summed E-state index contributed by atoms with van der Waals surface area (Å²) in [5, 5.41) is 11.1. The molecule has 0 aromatic heterocycles. The normalized spacial score (nSPS) is 18.1. The molecule has 0 aliphatic rings. The van der Waals surface area contributed by atoms with E-state index in [2.05, 4.69) is 5.32 Å². The zero-order valence-corrected chi connectivity index (χ0v) is 11.1. The Bertz CT molecular complexity index is 296. The van der Waals surface area contributed by atoms with Crippen LogP contribution in [0.4, 0.5) is 13.2 Å². The van der Waals surface area contributed by atoms with Gasteiger partial charge in [-0.25, -0.2) is 0 Å². The van der Waals surface area contributed by atoms with Gasteiger partial charge < -0.3 is 16.2 Å². The van der Waals surface area contributed by atoms with Gasteiger partial charge in [0.2, 0.25) is 5.91 Å². The largest absolute Gasteiger partial charge is 0.415 e. The van der Waals surface area contributed by atoms with Crippen molar-refractivity contribution in [2.75, 3.05) is 6.61 Å².